The third kappa shape index (κ3) is 2.21. The van der Waals surface area contributed by atoms with Crippen LogP contribution < -0.4 is 0 Å². The first-order valence-electron chi connectivity index (χ1n) is 7.51. The van der Waals surface area contributed by atoms with Gasteiger partial charge in [-0.05, 0) is 30.0 Å². The average Bonchev–Trinajstić information content (AvgIpc) is 3.30. The Bertz CT molecular complexity index is 886. The van der Waals surface area contributed by atoms with Crippen molar-refractivity contribution >= 4 is 33.2 Å². The van der Waals surface area contributed by atoms with Crippen LogP contribution in [0.1, 0.15) is 27.1 Å². The smallest absolute Gasteiger partial charge is 0.261 e. The van der Waals surface area contributed by atoms with E-state index in [1.807, 2.05) is 0 Å². The van der Waals surface area contributed by atoms with Crippen LogP contribution in [0.2, 0.25) is 0 Å². The van der Waals surface area contributed by atoms with Crippen molar-refractivity contribution in [2.45, 2.75) is 16.7 Å². The van der Waals surface area contributed by atoms with Crippen LogP contribution in [0.15, 0.2) is 46.0 Å². The number of carbonyl (C=O) groups excluding carboxylic acids is 2. The maximum atomic E-state index is 12.6. The van der Waals surface area contributed by atoms with Gasteiger partial charge in [-0.15, -0.1) is 11.3 Å². The molecule has 1 atom stereocenters. The highest BCUT2D eigenvalue weighted by Gasteiger charge is 2.44. The van der Waals surface area contributed by atoms with Crippen LogP contribution in [0.25, 0.3) is 0 Å². The van der Waals surface area contributed by atoms with Crippen molar-refractivity contribution in [3.63, 3.8) is 0 Å². The number of thiophene rings is 1. The second kappa shape index (κ2) is 5.51. The number of sulfonamides is 1. The number of nitrogens with zero attached hydrogens (tertiary/aromatic N) is 2. The van der Waals surface area contributed by atoms with E-state index in [0.717, 1.165) is 11.3 Å². The summed E-state index contributed by atoms with van der Waals surface area (Å²) >= 11 is 1.16. The molecular weight excluding hydrogens is 348 g/mol. The van der Waals surface area contributed by atoms with E-state index in [1.54, 1.807) is 41.8 Å². The summed E-state index contributed by atoms with van der Waals surface area (Å²) in [7, 11) is -3.56. The van der Waals surface area contributed by atoms with Crippen LogP contribution in [0.3, 0.4) is 0 Å². The molecule has 1 aromatic heterocycles. The van der Waals surface area contributed by atoms with Crippen LogP contribution in [-0.4, -0.2) is 48.6 Å². The Kier molecular flexibility index (Phi) is 3.56. The molecule has 24 heavy (non-hydrogen) atoms. The van der Waals surface area contributed by atoms with Gasteiger partial charge >= 0.3 is 0 Å². The lowest BCUT2D eigenvalue weighted by Crippen LogP contribution is -2.42. The molecule has 1 saturated heterocycles. The van der Waals surface area contributed by atoms with Crippen LogP contribution in [0, 0.1) is 0 Å². The molecule has 6 nitrogen and oxygen atoms in total. The number of carbonyl (C=O) groups is 2. The SMILES string of the molecule is O=C1c2ccccc2C(=O)N1C1CCN(S(=O)(=O)c2cccs2)C1. The molecule has 1 unspecified atom stereocenters. The van der Waals surface area contributed by atoms with Gasteiger partial charge in [0.05, 0.1) is 17.2 Å². The first-order chi connectivity index (χ1) is 11.5. The molecule has 2 amide bonds. The molecule has 0 spiro atoms. The maximum absolute atomic E-state index is 12.6. The number of imide groups is 1. The summed E-state index contributed by atoms with van der Waals surface area (Å²) in [5.41, 5.74) is 0.782. The van der Waals surface area contributed by atoms with Gasteiger partial charge in [-0.3, -0.25) is 14.5 Å². The van der Waals surface area contributed by atoms with E-state index in [0.29, 0.717) is 24.1 Å². The highest BCUT2D eigenvalue weighted by Crippen LogP contribution is 2.31. The third-order valence-electron chi connectivity index (χ3n) is 4.41. The van der Waals surface area contributed by atoms with E-state index in [1.165, 1.54) is 9.21 Å². The fourth-order valence-electron chi connectivity index (χ4n) is 3.22. The molecular formula is C16H14N2O4S2. The van der Waals surface area contributed by atoms with Crippen LogP contribution in [0.4, 0.5) is 0 Å². The van der Waals surface area contributed by atoms with E-state index in [9.17, 15) is 18.0 Å². The quantitative estimate of drug-likeness (QED) is 0.781. The zero-order valence-electron chi connectivity index (χ0n) is 12.6. The number of rotatable bonds is 3. The number of amides is 2. The van der Waals surface area contributed by atoms with Gasteiger partial charge in [-0.1, -0.05) is 18.2 Å². The predicted molar refractivity (Wildman–Crippen MR) is 88.4 cm³/mol. The lowest BCUT2D eigenvalue weighted by molar-refractivity contribution is 0.0593. The molecule has 8 heteroatoms. The van der Waals surface area contributed by atoms with Crippen molar-refractivity contribution in [3.05, 3.63) is 52.9 Å². The van der Waals surface area contributed by atoms with Crippen LogP contribution in [-0.2, 0) is 10.0 Å². The molecule has 0 bridgehead atoms. The first-order valence-corrected chi connectivity index (χ1v) is 9.82. The molecule has 0 aliphatic carbocycles. The minimum absolute atomic E-state index is 0.145. The second-order valence-electron chi connectivity index (χ2n) is 5.76. The van der Waals surface area contributed by atoms with Crippen molar-refractivity contribution in [3.8, 4) is 0 Å². The molecule has 0 N–H and O–H groups in total. The average molecular weight is 362 g/mol. The summed E-state index contributed by atoms with van der Waals surface area (Å²) in [4.78, 5) is 26.3. The zero-order chi connectivity index (χ0) is 16.9. The van der Waals surface area contributed by atoms with Crippen molar-refractivity contribution in [1.82, 2.24) is 9.21 Å². The zero-order valence-corrected chi connectivity index (χ0v) is 14.2. The number of fused-ring (bicyclic) bond motifs is 1. The lowest BCUT2D eigenvalue weighted by Gasteiger charge is -2.22. The largest absolute Gasteiger partial charge is 0.270 e. The van der Waals surface area contributed by atoms with Gasteiger partial charge < -0.3 is 0 Å². The van der Waals surface area contributed by atoms with E-state index in [4.69, 9.17) is 0 Å². The highest BCUT2D eigenvalue weighted by atomic mass is 32.2. The molecule has 2 aliphatic heterocycles. The van der Waals surface area contributed by atoms with E-state index in [-0.39, 0.29) is 22.6 Å². The van der Waals surface area contributed by atoms with E-state index < -0.39 is 16.1 Å². The number of hydrogen-bond donors (Lipinski definition) is 0. The summed E-state index contributed by atoms with van der Waals surface area (Å²) in [6.07, 6.45) is 0.454. The summed E-state index contributed by atoms with van der Waals surface area (Å²) in [6.45, 7) is 0.448. The summed E-state index contributed by atoms with van der Waals surface area (Å²) < 4.78 is 26.8. The van der Waals surface area contributed by atoms with Gasteiger partial charge in [-0.2, -0.15) is 4.31 Å². The van der Waals surface area contributed by atoms with Crippen molar-refractivity contribution in [1.29, 1.82) is 0 Å². The Morgan fingerprint density at radius 2 is 1.67 bits per heavy atom. The number of hydrogen-bond acceptors (Lipinski definition) is 5. The lowest BCUT2D eigenvalue weighted by atomic mass is 10.1. The van der Waals surface area contributed by atoms with E-state index in [2.05, 4.69) is 0 Å². The summed E-state index contributed by atoms with van der Waals surface area (Å²) in [6, 6.07) is 9.53. The minimum atomic E-state index is -3.56. The van der Waals surface area contributed by atoms with E-state index >= 15 is 0 Å². The Labute approximate surface area is 143 Å². The Hall–Kier alpha value is -2.03. The molecule has 0 saturated carbocycles. The monoisotopic (exact) mass is 362 g/mol. The minimum Gasteiger partial charge on any atom is -0.270 e. The topological polar surface area (TPSA) is 74.8 Å². The van der Waals surface area contributed by atoms with Gasteiger partial charge in [-0.25, -0.2) is 8.42 Å². The summed E-state index contributed by atoms with van der Waals surface area (Å²) in [5, 5.41) is 1.71. The normalized spacial score (nSPS) is 21.5. The molecule has 4 rings (SSSR count). The molecule has 1 fully saturated rings. The Balaban J connectivity index is 1.59. The highest BCUT2D eigenvalue weighted by molar-refractivity contribution is 7.91. The fraction of sp³-hybridized carbons (Fsp3) is 0.250. The third-order valence-corrected chi connectivity index (χ3v) is 7.64. The maximum Gasteiger partial charge on any atom is 0.261 e. The fourth-order valence-corrected chi connectivity index (χ4v) is 5.85. The molecule has 2 aromatic rings. The molecule has 3 heterocycles. The molecule has 1 aromatic carbocycles. The first kappa shape index (κ1) is 15.5. The molecule has 2 aliphatic rings. The molecule has 124 valence electrons. The number of benzene rings is 1. The molecule has 0 radical (unpaired) electrons. The predicted octanol–water partition coefficient (Wildman–Crippen LogP) is 1.81. The van der Waals surface area contributed by atoms with Gasteiger partial charge in [0.2, 0.25) is 0 Å². The Morgan fingerprint density at radius 1 is 1.00 bits per heavy atom. The van der Waals surface area contributed by atoms with Crippen molar-refractivity contribution in [2.75, 3.05) is 13.1 Å². The van der Waals surface area contributed by atoms with Gasteiger partial charge in [0.1, 0.15) is 4.21 Å². The standard InChI is InChI=1S/C16H14N2O4S2/c19-15-12-4-1-2-5-13(12)16(20)18(15)11-7-8-17(10-11)24(21,22)14-6-3-9-23-14/h1-6,9,11H,7-8,10H2. The van der Waals surface area contributed by atoms with Crippen molar-refractivity contribution in [2.24, 2.45) is 0 Å². The Morgan fingerprint density at radius 3 is 2.25 bits per heavy atom. The van der Waals surface area contributed by atoms with Crippen molar-refractivity contribution < 1.29 is 18.0 Å². The van der Waals surface area contributed by atoms with Gasteiger partial charge in [0, 0.05) is 13.1 Å². The van der Waals surface area contributed by atoms with Gasteiger partial charge in [0.15, 0.2) is 0 Å². The summed E-state index contributed by atoms with van der Waals surface area (Å²) in [5.74, 6) is -0.674. The van der Waals surface area contributed by atoms with Crippen LogP contribution in [0.5, 0.6) is 0 Å². The van der Waals surface area contributed by atoms with Crippen LogP contribution >= 0.6 is 11.3 Å². The second-order valence-corrected chi connectivity index (χ2v) is 8.88. The van der Waals surface area contributed by atoms with Gasteiger partial charge in [0.25, 0.3) is 21.8 Å².